The Morgan fingerprint density at radius 2 is 2.05 bits per heavy atom. The molecule has 4 nitrogen and oxygen atoms in total. The van der Waals surface area contributed by atoms with Crippen molar-refractivity contribution < 1.29 is 0 Å². The lowest BCUT2D eigenvalue weighted by Gasteiger charge is -2.17. The van der Waals surface area contributed by atoms with Gasteiger partial charge in [-0.05, 0) is 40.0 Å². The molecule has 0 amide bonds. The van der Waals surface area contributed by atoms with Crippen LogP contribution in [0.5, 0.6) is 0 Å². The predicted molar refractivity (Wildman–Crippen MR) is 93.7 cm³/mol. The Balaban J connectivity index is 1.56. The van der Waals surface area contributed by atoms with Crippen LogP contribution in [0.15, 0.2) is 35.1 Å². The maximum Gasteiger partial charge on any atom is 0.225 e. The number of nitrogens with one attached hydrogen (secondary N) is 1. The van der Waals surface area contributed by atoms with E-state index in [9.17, 15) is 0 Å². The molecule has 1 saturated heterocycles. The zero-order valence-corrected chi connectivity index (χ0v) is 14.9. The van der Waals surface area contributed by atoms with E-state index in [-0.39, 0.29) is 0 Å². The Kier molecular flexibility index (Phi) is 5.18. The van der Waals surface area contributed by atoms with Crippen molar-refractivity contribution in [2.45, 2.75) is 19.0 Å². The number of rotatable bonds is 4. The van der Waals surface area contributed by atoms with Gasteiger partial charge in [-0.3, -0.25) is 0 Å². The van der Waals surface area contributed by atoms with Crippen LogP contribution in [0.2, 0.25) is 10.0 Å². The van der Waals surface area contributed by atoms with Crippen molar-refractivity contribution in [1.82, 2.24) is 15.3 Å². The Hall–Kier alpha value is -0.880. The molecule has 1 fully saturated rings. The molecular weight excluding hydrogens is 387 g/mol. The maximum absolute atomic E-state index is 6.20. The highest BCUT2D eigenvalue weighted by Gasteiger charge is 2.23. The van der Waals surface area contributed by atoms with Gasteiger partial charge in [0.25, 0.3) is 0 Å². The monoisotopic (exact) mass is 400 g/mol. The third-order valence-corrected chi connectivity index (χ3v) is 4.67. The van der Waals surface area contributed by atoms with E-state index >= 15 is 0 Å². The van der Waals surface area contributed by atoms with Crippen LogP contribution in [0, 0.1) is 0 Å². The summed E-state index contributed by atoms with van der Waals surface area (Å²) in [5.41, 5.74) is 1.06. The van der Waals surface area contributed by atoms with Crippen LogP contribution in [0.25, 0.3) is 0 Å². The van der Waals surface area contributed by atoms with Gasteiger partial charge in [-0.2, -0.15) is 0 Å². The summed E-state index contributed by atoms with van der Waals surface area (Å²) < 4.78 is 0.891. The minimum absolute atomic E-state index is 0.402. The summed E-state index contributed by atoms with van der Waals surface area (Å²) in [4.78, 5) is 10.9. The first-order chi connectivity index (χ1) is 10.6. The topological polar surface area (TPSA) is 41.0 Å². The van der Waals surface area contributed by atoms with E-state index in [4.69, 9.17) is 23.2 Å². The van der Waals surface area contributed by atoms with Gasteiger partial charge in [0, 0.05) is 48.1 Å². The Morgan fingerprint density at radius 3 is 2.77 bits per heavy atom. The van der Waals surface area contributed by atoms with Gasteiger partial charge < -0.3 is 10.2 Å². The molecule has 116 valence electrons. The molecule has 0 spiro atoms. The van der Waals surface area contributed by atoms with E-state index in [2.05, 4.69) is 36.1 Å². The molecule has 1 atom stereocenters. The van der Waals surface area contributed by atoms with Gasteiger partial charge >= 0.3 is 0 Å². The third kappa shape index (κ3) is 3.90. The van der Waals surface area contributed by atoms with Gasteiger partial charge in [0.15, 0.2) is 0 Å². The zero-order valence-electron chi connectivity index (χ0n) is 11.8. The fraction of sp³-hybridized carbons (Fsp3) is 0.333. The number of benzene rings is 1. The van der Waals surface area contributed by atoms with E-state index in [1.807, 2.05) is 12.1 Å². The first-order valence-electron chi connectivity index (χ1n) is 7.01. The first-order valence-corrected chi connectivity index (χ1v) is 8.56. The first kappa shape index (κ1) is 16.0. The van der Waals surface area contributed by atoms with E-state index in [1.165, 1.54) is 0 Å². The fourth-order valence-corrected chi connectivity index (χ4v) is 3.18. The highest BCUT2D eigenvalue weighted by Crippen LogP contribution is 2.22. The lowest BCUT2D eigenvalue weighted by Crippen LogP contribution is -2.32. The second kappa shape index (κ2) is 7.13. The lowest BCUT2D eigenvalue weighted by atomic mass is 10.2. The number of hydrogen-bond acceptors (Lipinski definition) is 4. The summed E-state index contributed by atoms with van der Waals surface area (Å²) in [5, 5.41) is 4.90. The Morgan fingerprint density at radius 1 is 1.27 bits per heavy atom. The van der Waals surface area contributed by atoms with Crippen molar-refractivity contribution in [2.24, 2.45) is 0 Å². The number of aromatic nitrogens is 2. The van der Waals surface area contributed by atoms with Gasteiger partial charge in [-0.15, -0.1) is 0 Å². The molecule has 0 unspecified atom stereocenters. The molecule has 1 aromatic carbocycles. The van der Waals surface area contributed by atoms with Crippen LogP contribution < -0.4 is 10.2 Å². The summed E-state index contributed by atoms with van der Waals surface area (Å²) in [6, 6.07) is 6.00. The number of anilines is 1. The minimum Gasteiger partial charge on any atom is -0.339 e. The van der Waals surface area contributed by atoms with Gasteiger partial charge in [-0.1, -0.05) is 29.3 Å². The van der Waals surface area contributed by atoms with Crippen LogP contribution >= 0.6 is 39.1 Å². The molecule has 3 rings (SSSR count). The van der Waals surface area contributed by atoms with Crippen LogP contribution in [-0.4, -0.2) is 29.1 Å². The molecule has 1 aliphatic heterocycles. The molecule has 1 aromatic heterocycles. The number of hydrogen-bond donors (Lipinski definition) is 1. The molecule has 2 aromatic rings. The third-order valence-electron chi connectivity index (χ3n) is 3.67. The summed E-state index contributed by atoms with van der Waals surface area (Å²) in [5.74, 6) is 0.775. The van der Waals surface area contributed by atoms with Crippen LogP contribution in [0.3, 0.4) is 0 Å². The highest BCUT2D eigenvalue weighted by atomic mass is 79.9. The standard InChI is InChI=1S/C15H15BrCl2N4/c16-11-7-20-15(21-8-11)22-4-3-13(9-22)19-6-10-1-2-12(17)5-14(10)18/h1-2,5,7-8,13,19H,3-4,6,9H2/t13-/m0/s1. The quantitative estimate of drug-likeness (QED) is 0.842. The van der Waals surface area contributed by atoms with Crippen molar-refractivity contribution >= 4 is 45.1 Å². The van der Waals surface area contributed by atoms with Crippen LogP contribution in [-0.2, 0) is 6.54 Å². The SMILES string of the molecule is Clc1ccc(CN[C@H]2CCN(c3ncc(Br)cn3)C2)c(Cl)c1. The summed E-state index contributed by atoms with van der Waals surface area (Å²) in [7, 11) is 0. The molecule has 0 aliphatic carbocycles. The van der Waals surface area contributed by atoms with E-state index in [1.54, 1.807) is 18.5 Å². The molecular formula is C15H15BrCl2N4. The van der Waals surface area contributed by atoms with Gasteiger partial charge in [-0.25, -0.2) is 9.97 Å². The van der Waals surface area contributed by atoms with Crippen molar-refractivity contribution in [2.75, 3.05) is 18.0 Å². The van der Waals surface area contributed by atoms with E-state index < -0.39 is 0 Å². The van der Waals surface area contributed by atoms with Crippen LogP contribution in [0.4, 0.5) is 5.95 Å². The number of halogens is 3. The van der Waals surface area contributed by atoms with Gasteiger partial charge in [0.05, 0.1) is 4.47 Å². The van der Waals surface area contributed by atoms with Crippen molar-refractivity contribution in [3.05, 3.63) is 50.7 Å². The van der Waals surface area contributed by atoms with Crippen LogP contribution in [0.1, 0.15) is 12.0 Å². The van der Waals surface area contributed by atoms with Crippen molar-refractivity contribution in [1.29, 1.82) is 0 Å². The van der Waals surface area contributed by atoms with E-state index in [0.29, 0.717) is 16.1 Å². The van der Waals surface area contributed by atoms with Gasteiger partial charge in [0.2, 0.25) is 5.95 Å². The predicted octanol–water partition coefficient (Wildman–Crippen LogP) is 3.91. The summed E-state index contributed by atoms with van der Waals surface area (Å²) in [6.45, 7) is 2.58. The average Bonchev–Trinajstić information content (AvgIpc) is 2.96. The summed E-state index contributed by atoms with van der Waals surface area (Å²) >= 11 is 15.5. The second-order valence-electron chi connectivity index (χ2n) is 5.25. The smallest absolute Gasteiger partial charge is 0.225 e. The van der Waals surface area contributed by atoms with Gasteiger partial charge in [0.1, 0.15) is 0 Å². The maximum atomic E-state index is 6.20. The largest absolute Gasteiger partial charge is 0.339 e. The minimum atomic E-state index is 0.402. The van der Waals surface area contributed by atoms with E-state index in [0.717, 1.165) is 42.0 Å². The molecule has 0 radical (unpaired) electrons. The molecule has 1 N–H and O–H groups in total. The number of nitrogens with zero attached hydrogens (tertiary/aromatic N) is 3. The Labute approximate surface area is 148 Å². The second-order valence-corrected chi connectivity index (χ2v) is 7.01. The Bertz CT molecular complexity index is 650. The molecule has 7 heteroatoms. The normalized spacial score (nSPS) is 18.0. The highest BCUT2D eigenvalue weighted by molar-refractivity contribution is 9.10. The zero-order chi connectivity index (χ0) is 15.5. The lowest BCUT2D eigenvalue weighted by molar-refractivity contribution is 0.551. The molecule has 22 heavy (non-hydrogen) atoms. The average molecular weight is 402 g/mol. The molecule has 1 aliphatic rings. The fourth-order valence-electron chi connectivity index (χ4n) is 2.50. The summed E-state index contributed by atoms with van der Waals surface area (Å²) in [6.07, 6.45) is 4.61. The van der Waals surface area contributed by atoms with Crippen molar-refractivity contribution in [3.8, 4) is 0 Å². The molecule has 2 heterocycles. The van der Waals surface area contributed by atoms with Crippen molar-refractivity contribution in [3.63, 3.8) is 0 Å². The molecule has 0 saturated carbocycles. The molecule has 0 bridgehead atoms.